The van der Waals surface area contributed by atoms with E-state index in [0.29, 0.717) is 46.6 Å². The van der Waals surface area contributed by atoms with E-state index in [4.69, 9.17) is 43.1 Å². The van der Waals surface area contributed by atoms with Gasteiger partial charge >= 0.3 is 6.18 Å². The maximum atomic E-state index is 14.4. The number of benzene rings is 3. The summed E-state index contributed by atoms with van der Waals surface area (Å²) in [5.74, 6) is 0.404. The molecule has 1 atom stereocenters. The molecule has 1 heterocycles. The Hall–Kier alpha value is -3.30. The molecule has 5 nitrogen and oxygen atoms in total. The van der Waals surface area contributed by atoms with Crippen LogP contribution in [-0.2, 0) is 23.8 Å². The number of rotatable bonds is 14. The number of nitrogens with two attached hydrogens (primary N) is 1. The number of aromatic nitrogens is 1. The first kappa shape index (κ1) is 33.6. The van der Waals surface area contributed by atoms with Crippen LogP contribution in [0.1, 0.15) is 40.2 Å². The van der Waals surface area contributed by atoms with Gasteiger partial charge in [0.25, 0.3) is 0 Å². The smallest absolute Gasteiger partial charge is 0.416 e. The molecular weight excluding hydrogens is 612 g/mol. The zero-order valence-electron chi connectivity index (χ0n) is 24.6. The van der Waals surface area contributed by atoms with Gasteiger partial charge in [-0.3, -0.25) is 4.98 Å². The third kappa shape index (κ3) is 8.88. The highest BCUT2D eigenvalue weighted by molar-refractivity contribution is 6.37. The van der Waals surface area contributed by atoms with Crippen LogP contribution >= 0.6 is 23.2 Å². The molecule has 10 heteroatoms. The number of halogens is 5. The van der Waals surface area contributed by atoms with Crippen LogP contribution in [0, 0.1) is 6.92 Å². The van der Waals surface area contributed by atoms with E-state index in [-0.39, 0.29) is 31.0 Å². The predicted octanol–water partition coefficient (Wildman–Crippen LogP) is 8.70. The number of hydrogen-bond donors (Lipinski definition) is 1. The van der Waals surface area contributed by atoms with Crippen LogP contribution in [0.3, 0.4) is 0 Å². The van der Waals surface area contributed by atoms with Gasteiger partial charge < -0.3 is 19.9 Å². The highest BCUT2D eigenvalue weighted by atomic mass is 35.5. The lowest BCUT2D eigenvalue weighted by atomic mass is 9.88. The van der Waals surface area contributed by atoms with Gasteiger partial charge in [0, 0.05) is 31.4 Å². The standard InChI is InChI=1S/C34H35Cl2F3N2O3/c1-22-16-30(35)33(31(36)17-22)44-15-14-43-26-11-9-23(10-12-26)18-25(20-40)28-21-41-32(19-29(28)34(37,38)39)27-8-4-3-6-24(27)7-5-13-42-2/h3-4,6,8-12,16-17,19,21,25H,5,7,13-15,18,20,40H2,1-2H3. The Morgan fingerprint density at radius 2 is 1.59 bits per heavy atom. The molecule has 0 fully saturated rings. The van der Waals surface area contributed by atoms with Crippen LogP contribution in [-0.4, -0.2) is 38.5 Å². The molecule has 0 bridgehead atoms. The number of alkyl halides is 3. The number of ether oxygens (including phenoxy) is 3. The van der Waals surface area contributed by atoms with Crippen molar-refractivity contribution in [2.75, 3.05) is 33.5 Å². The Bertz CT molecular complexity index is 1510. The monoisotopic (exact) mass is 646 g/mol. The summed E-state index contributed by atoms with van der Waals surface area (Å²) in [4.78, 5) is 4.48. The summed E-state index contributed by atoms with van der Waals surface area (Å²) in [7, 11) is 1.62. The second-order valence-electron chi connectivity index (χ2n) is 10.4. The Balaban J connectivity index is 1.44. The molecule has 2 N–H and O–H groups in total. The number of aryl methyl sites for hydroxylation is 2. The quantitative estimate of drug-likeness (QED) is 0.139. The first-order valence-corrected chi connectivity index (χ1v) is 15.0. The molecule has 1 aromatic heterocycles. The van der Waals surface area contributed by atoms with Gasteiger partial charge in [-0.15, -0.1) is 0 Å². The van der Waals surface area contributed by atoms with Crippen molar-refractivity contribution in [1.29, 1.82) is 0 Å². The molecule has 1 unspecified atom stereocenters. The van der Waals surface area contributed by atoms with Crippen molar-refractivity contribution in [3.8, 4) is 22.8 Å². The van der Waals surface area contributed by atoms with Crippen LogP contribution in [0.5, 0.6) is 11.5 Å². The van der Waals surface area contributed by atoms with E-state index in [1.807, 2.05) is 31.2 Å². The average molecular weight is 648 g/mol. The van der Waals surface area contributed by atoms with Crippen LogP contribution in [0.15, 0.2) is 72.9 Å². The summed E-state index contributed by atoms with van der Waals surface area (Å²) in [6.07, 6.45) is -1.52. The van der Waals surface area contributed by atoms with Gasteiger partial charge in [0.05, 0.1) is 21.3 Å². The SMILES string of the molecule is COCCCc1ccccc1-c1cc(C(F)(F)F)c(C(CN)Cc2ccc(OCCOc3c(Cl)cc(C)cc3Cl)cc2)cn1. The summed E-state index contributed by atoms with van der Waals surface area (Å²) < 4.78 is 59.7. The van der Waals surface area contributed by atoms with Gasteiger partial charge in [0.15, 0.2) is 5.75 Å². The molecule has 0 spiro atoms. The Labute approximate surface area is 266 Å². The van der Waals surface area contributed by atoms with Gasteiger partial charge in [-0.2, -0.15) is 13.2 Å². The fourth-order valence-corrected chi connectivity index (χ4v) is 5.74. The molecule has 0 saturated heterocycles. The van der Waals surface area contributed by atoms with Gasteiger partial charge in [0.1, 0.15) is 19.0 Å². The van der Waals surface area contributed by atoms with Gasteiger partial charge in [0.2, 0.25) is 0 Å². The normalized spacial score (nSPS) is 12.3. The summed E-state index contributed by atoms with van der Waals surface area (Å²) in [5, 5.41) is 0.852. The van der Waals surface area contributed by atoms with Crippen molar-refractivity contribution < 1.29 is 27.4 Å². The molecule has 0 saturated carbocycles. The van der Waals surface area contributed by atoms with E-state index in [1.54, 1.807) is 43.5 Å². The van der Waals surface area contributed by atoms with Gasteiger partial charge in [-0.1, -0.05) is 59.6 Å². The number of pyridine rings is 1. The van der Waals surface area contributed by atoms with E-state index in [2.05, 4.69) is 4.98 Å². The van der Waals surface area contributed by atoms with E-state index in [1.165, 1.54) is 6.20 Å². The minimum absolute atomic E-state index is 0.0252. The molecule has 3 aromatic carbocycles. The molecule has 4 aromatic rings. The summed E-state index contributed by atoms with van der Waals surface area (Å²) in [6, 6.07) is 19.2. The molecule has 4 rings (SSSR count). The average Bonchev–Trinajstić information content (AvgIpc) is 2.99. The lowest BCUT2D eigenvalue weighted by Crippen LogP contribution is -2.20. The van der Waals surface area contributed by atoms with Crippen molar-refractivity contribution >= 4 is 23.2 Å². The Kier molecular flexibility index (Phi) is 11.9. The van der Waals surface area contributed by atoms with E-state index in [0.717, 1.165) is 29.2 Å². The van der Waals surface area contributed by atoms with Crippen LogP contribution in [0.25, 0.3) is 11.3 Å². The largest absolute Gasteiger partial charge is 0.490 e. The zero-order chi connectivity index (χ0) is 31.7. The maximum absolute atomic E-state index is 14.4. The van der Waals surface area contributed by atoms with E-state index >= 15 is 0 Å². The van der Waals surface area contributed by atoms with Crippen LogP contribution in [0.4, 0.5) is 13.2 Å². The van der Waals surface area contributed by atoms with Gasteiger partial charge in [-0.05, 0) is 85.3 Å². The topological polar surface area (TPSA) is 66.6 Å². The second-order valence-corrected chi connectivity index (χ2v) is 11.3. The Morgan fingerprint density at radius 1 is 0.909 bits per heavy atom. The third-order valence-electron chi connectivity index (χ3n) is 7.20. The van der Waals surface area contributed by atoms with E-state index < -0.39 is 17.7 Å². The lowest BCUT2D eigenvalue weighted by Gasteiger charge is -2.22. The first-order valence-electron chi connectivity index (χ1n) is 14.2. The highest BCUT2D eigenvalue weighted by Crippen LogP contribution is 2.38. The highest BCUT2D eigenvalue weighted by Gasteiger charge is 2.36. The van der Waals surface area contributed by atoms with Crippen LogP contribution in [0.2, 0.25) is 10.0 Å². The minimum Gasteiger partial charge on any atom is -0.490 e. The predicted molar refractivity (Wildman–Crippen MR) is 169 cm³/mol. The summed E-state index contributed by atoms with van der Waals surface area (Å²) >= 11 is 12.4. The second kappa shape index (κ2) is 15.6. The minimum atomic E-state index is -4.57. The summed E-state index contributed by atoms with van der Waals surface area (Å²) in [5.41, 5.74) is 9.01. The fraction of sp³-hybridized carbons (Fsp3) is 0.324. The van der Waals surface area contributed by atoms with Crippen molar-refractivity contribution in [2.24, 2.45) is 5.73 Å². The molecule has 44 heavy (non-hydrogen) atoms. The third-order valence-corrected chi connectivity index (χ3v) is 7.76. The maximum Gasteiger partial charge on any atom is 0.416 e. The van der Waals surface area contributed by atoms with Gasteiger partial charge in [-0.25, -0.2) is 0 Å². The molecule has 0 radical (unpaired) electrons. The molecule has 0 aliphatic rings. The fourth-order valence-electron chi connectivity index (χ4n) is 5.03. The molecule has 234 valence electrons. The number of nitrogens with zero attached hydrogens (tertiary/aromatic N) is 1. The zero-order valence-corrected chi connectivity index (χ0v) is 26.1. The van der Waals surface area contributed by atoms with Crippen molar-refractivity contribution in [3.05, 3.63) is 111 Å². The number of hydrogen-bond acceptors (Lipinski definition) is 5. The Morgan fingerprint density at radius 3 is 2.25 bits per heavy atom. The number of methoxy groups -OCH3 is 1. The van der Waals surface area contributed by atoms with E-state index in [9.17, 15) is 13.2 Å². The van der Waals surface area contributed by atoms with Crippen molar-refractivity contribution in [2.45, 2.75) is 38.3 Å². The molecule has 0 amide bonds. The first-order chi connectivity index (χ1) is 21.1. The van der Waals surface area contributed by atoms with Crippen LogP contribution < -0.4 is 15.2 Å². The molecular formula is C34H35Cl2F3N2O3. The molecule has 0 aliphatic carbocycles. The van der Waals surface area contributed by atoms with Crippen molar-refractivity contribution in [3.63, 3.8) is 0 Å². The molecule has 0 aliphatic heterocycles. The summed E-state index contributed by atoms with van der Waals surface area (Å²) in [6.45, 7) is 2.94. The van der Waals surface area contributed by atoms with Crippen molar-refractivity contribution in [1.82, 2.24) is 4.98 Å². The lowest BCUT2D eigenvalue weighted by molar-refractivity contribution is -0.138.